The summed E-state index contributed by atoms with van der Waals surface area (Å²) in [4.78, 5) is 2.46. The van der Waals surface area contributed by atoms with Gasteiger partial charge in [-0.3, -0.25) is 4.90 Å². The standard InChI is InChI=1S/C16H17BrN2/c1-11(12-4-2-6-14(17)8-12)19-9-13-5-3-7-16(18)15(13)10-19/h2-8,11H,9-10,18H2,1H3. The lowest BCUT2D eigenvalue weighted by Gasteiger charge is -2.24. The molecule has 1 aliphatic rings. The number of nitrogens with two attached hydrogens (primary N) is 1. The van der Waals surface area contributed by atoms with Gasteiger partial charge in [0.25, 0.3) is 0 Å². The predicted molar refractivity (Wildman–Crippen MR) is 82.7 cm³/mol. The van der Waals surface area contributed by atoms with Gasteiger partial charge in [0.05, 0.1) is 0 Å². The summed E-state index contributed by atoms with van der Waals surface area (Å²) in [7, 11) is 0. The fraction of sp³-hybridized carbons (Fsp3) is 0.250. The number of rotatable bonds is 2. The summed E-state index contributed by atoms with van der Waals surface area (Å²) >= 11 is 3.54. The first-order valence-electron chi connectivity index (χ1n) is 6.51. The second-order valence-electron chi connectivity index (χ2n) is 5.12. The molecule has 98 valence electrons. The molecule has 0 saturated carbocycles. The molecular weight excluding hydrogens is 300 g/mol. The van der Waals surface area contributed by atoms with E-state index in [1.807, 2.05) is 12.1 Å². The smallest absolute Gasteiger partial charge is 0.0363 e. The number of nitrogens with zero attached hydrogens (tertiary/aromatic N) is 1. The second kappa shape index (κ2) is 4.99. The minimum Gasteiger partial charge on any atom is -0.398 e. The molecule has 0 aliphatic carbocycles. The summed E-state index contributed by atoms with van der Waals surface area (Å²) in [5.74, 6) is 0. The van der Waals surface area contributed by atoms with Crippen molar-refractivity contribution in [2.45, 2.75) is 26.1 Å². The van der Waals surface area contributed by atoms with Crippen LogP contribution in [-0.4, -0.2) is 4.90 Å². The average Bonchev–Trinajstić information content (AvgIpc) is 2.83. The lowest BCUT2D eigenvalue weighted by atomic mass is 10.1. The van der Waals surface area contributed by atoms with Crippen LogP contribution in [0.3, 0.4) is 0 Å². The monoisotopic (exact) mass is 316 g/mol. The SMILES string of the molecule is CC(c1cccc(Br)c1)N1Cc2cccc(N)c2C1. The number of fused-ring (bicyclic) bond motifs is 1. The van der Waals surface area contributed by atoms with Gasteiger partial charge in [0, 0.05) is 29.3 Å². The summed E-state index contributed by atoms with van der Waals surface area (Å²) in [6, 6.07) is 15.1. The van der Waals surface area contributed by atoms with E-state index in [0.717, 1.165) is 23.2 Å². The van der Waals surface area contributed by atoms with E-state index in [2.05, 4.69) is 58.1 Å². The molecule has 3 rings (SSSR count). The van der Waals surface area contributed by atoms with Gasteiger partial charge < -0.3 is 5.73 Å². The molecule has 0 fully saturated rings. The summed E-state index contributed by atoms with van der Waals surface area (Å²) in [5, 5.41) is 0. The summed E-state index contributed by atoms with van der Waals surface area (Å²) in [6.07, 6.45) is 0. The van der Waals surface area contributed by atoms with Gasteiger partial charge in [-0.1, -0.05) is 40.2 Å². The van der Waals surface area contributed by atoms with Gasteiger partial charge in [0.15, 0.2) is 0 Å². The third-order valence-corrected chi connectivity index (χ3v) is 4.42. The van der Waals surface area contributed by atoms with Crippen LogP contribution in [0.1, 0.15) is 29.7 Å². The maximum Gasteiger partial charge on any atom is 0.0363 e. The topological polar surface area (TPSA) is 29.3 Å². The van der Waals surface area contributed by atoms with Crippen LogP contribution < -0.4 is 5.73 Å². The van der Waals surface area contributed by atoms with E-state index in [1.54, 1.807) is 0 Å². The second-order valence-corrected chi connectivity index (χ2v) is 6.04. The number of benzene rings is 2. The van der Waals surface area contributed by atoms with E-state index in [9.17, 15) is 0 Å². The molecule has 2 aromatic rings. The highest BCUT2D eigenvalue weighted by atomic mass is 79.9. The molecule has 0 aromatic heterocycles. The number of nitrogen functional groups attached to an aromatic ring is 1. The van der Waals surface area contributed by atoms with Gasteiger partial charge in [-0.15, -0.1) is 0 Å². The maximum absolute atomic E-state index is 6.06. The molecule has 3 heteroatoms. The molecule has 2 N–H and O–H groups in total. The molecule has 1 unspecified atom stereocenters. The highest BCUT2D eigenvalue weighted by molar-refractivity contribution is 9.10. The van der Waals surface area contributed by atoms with Crippen molar-refractivity contribution in [2.24, 2.45) is 0 Å². The average molecular weight is 317 g/mol. The van der Waals surface area contributed by atoms with E-state index in [0.29, 0.717) is 6.04 Å². The minimum atomic E-state index is 0.393. The molecule has 0 radical (unpaired) electrons. The normalized spacial score (nSPS) is 16.3. The Balaban J connectivity index is 1.85. The van der Waals surface area contributed by atoms with Crippen LogP contribution in [-0.2, 0) is 13.1 Å². The van der Waals surface area contributed by atoms with Crippen molar-refractivity contribution >= 4 is 21.6 Å². The first-order valence-corrected chi connectivity index (χ1v) is 7.30. The zero-order chi connectivity index (χ0) is 13.4. The Hall–Kier alpha value is -1.32. The van der Waals surface area contributed by atoms with Crippen LogP contribution in [0.15, 0.2) is 46.9 Å². The Kier molecular flexibility index (Phi) is 3.33. The Morgan fingerprint density at radius 3 is 2.68 bits per heavy atom. The fourth-order valence-electron chi connectivity index (χ4n) is 2.72. The van der Waals surface area contributed by atoms with Gasteiger partial charge in [-0.2, -0.15) is 0 Å². The van der Waals surface area contributed by atoms with Crippen LogP contribution in [0.4, 0.5) is 5.69 Å². The number of halogens is 1. The van der Waals surface area contributed by atoms with Crippen molar-refractivity contribution in [3.63, 3.8) is 0 Å². The van der Waals surface area contributed by atoms with Crippen LogP contribution in [0.25, 0.3) is 0 Å². The molecule has 19 heavy (non-hydrogen) atoms. The summed E-state index contributed by atoms with van der Waals surface area (Å²) in [5.41, 5.74) is 11.0. The molecule has 1 aliphatic heterocycles. The van der Waals surface area contributed by atoms with Crippen LogP contribution in [0.2, 0.25) is 0 Å². The number of anilines is 1. The lowest BCUT2D eigenvalue weighted by Crippen LogP contribution is -2.20. The molecule has 1 heterocycles. The van der Waals surface area contributed by atoms with Crippen LogP contribution >= 0.6 is 15.9 Å². The van der Waals surface area contributed by atoms with E-state index in [-0.39, 0.29) is 0 Å². The highest BCUT2D eigenvalue weighted by Crippen LogP contribution is 2.34. The van der Waals surface area contributed by atoms with E-state index in [1.165, 1.54) is 16.7 Å². The fourth-order valence-corrected chi connectivity index (χ4v) is 3.14. The number of hydrogen-bond donors (Lipinski definition) is 1. The molecule has 2 aromatic carbocycles. The largest absolute Gasteiger partial charge is 0.398 e. The molecular formula is C16H17BrN2. The first-order chi connectivity index (χ1) is 9.15. The van der Waals surface area contributed by atoms with Gasteiger partial charge >= 0.3 is 0 Å². The van der Waals surface area contributed by atoms with Gasteiger partial charge in [0.2, 0.25) is 0 Å². The van der Waals surface area contributed by atoms with Crippen molar-refractivity contribution in [1.29, 1.82) is 0 Å². The third kappa shape index (κ3) is 2.40. The van der Waals surface area contributed by atoms with E-state index < -0.39 is 0 Å². The Morgan fingerprint density at radius 2 is 1.95 bits per heavy atom. The quantitative estimate of drug-likeness (QED) is 0.845. The van der Waals surface area contributed by atoms with Crippen molar-refractivity contribution in [1.82, 2.24) is 4.90 Å². The van der Waals surface area contributed by atoms with Crippen molar-refractivity contribution in [3.05, 3.63) is 63.6 Å². The van der Waals surface area contributed by atoms with E-state index in [4.69, 9.17) is 5.73 Å². The van der Waals surface area contributed by atoms with Gasteiger partial charge in [-0.25, -0.2) is 0 Å². The molecule has 0 spiro atoms. The van der Waals surface area contributed by atoms with Crippen molar-refractivity contribution in [2.75, 3.05) is 5.73 Å². The third-order valence-electron chi connectivity index (χ3n) is 3.92. The Morgan fingerprint density at radius 1 is 1.16 bits per heavy atom. The van der Waals surface area contributed by atoms with Crippen molar-refractivity contribution in [3.8, 4) is 0 Å². The van der Waals surface area contributed by atoms with E-state index >= 15 is 0 Å². The highest BCUT2D eigenvalue weighted by Gasteiger charge is 2.25. The van der Waals surface area contributed by atoms with Crippen LogP contribution in [0, 0.1) is 0 Å². The van der Waals surface area contributed by atoms with Gasteiger partial charge in [-0.05, 0) is 41.8 Å². The first kappa shape index (κ1) is 12.7. The Bertz CT molecular complexity index is 609. The summed E-state index contributed by atoms with van der Waals surface area (Å²) in [6.45, 7) is 4.17. The minimum absolute atomic E-state index is 0.393. The Labute approximate surface area is 122 Å². The number of hydrogen-bond acceptors (Lipinski definition) is 2. The molecule has 1 atom stereocenters. The zero-order valence-electron chi connectivity index (χ0n) is 10.9. The molecule has 0 amide bonds. The van der Waals surface area contributed by atoms with Crippen molar-refractivity contribution < 1.29 is 0 Å². The molecule has 0 saturated heterocycles. The predicted octanol–water partition coefficient (Wildman–Crippen LogP) is 4.11. The zero-order valence-corrected chi connectivity index (χ0v) is 12.5. The lowest BCUT2D eigenvalue weighted by molar-refractivity contribution is 0.215. The molecule has 0 bridgehead atoms. The van der Waals surface area contributed by atoms with Crippen LogP contribution in [0.5, 0.6) is 0 Å². The van der Waals surface area contributed by atoms with Gasteiger partial charge in [0.1, 0.15) is 0 Å². The summed E-state index contributed by atoms with van der Waals surface area (Å²) < 4.78 is 1.13. The molecule has 2 nitrogen and oxygen atoms in total. The maximum atomic E-state index is 6.06.